The largest absolute Gasteiger partial charge is 0.383 e. The van der Waals surface area contributed by atoms with E-state index in [1.165, 1.54) is 16.8 Å². The van der Waals surface area contributed by atoms with Crippen molar-refractivity contribution in [2.45, 2.75) is 53.2 Å². The van der Waals surface area contributed by atoms with Crippen LogP contribution in [0.3, 0.4) is 0 Å². The minimum absolute atomic E-state index is 0.385. The number of anilines is 1. The number of nitrogens with zero attached hydrogens (tertiary/aromatic N) is 4. The number of ether oxygens (including phenoxy) is 1. The maximum Gasteiger partial charge on any atom is 0.191 e. The van der Waals surface area contributed by atoms with E-state index in [0.717, 1.165) is 49.9 Å². The Labute approximate surface area is 180 Å². The second kappa shape index (κ2) is 10.5. The number of nitrogens with one attached hydrogen (secondary N) is 2. The molecule has 1 fully saturated rings. The molecule has 0 spiro atoms. The predicted molar refractivity (Wildman–Crippen MR) is 123 cm³/mol. The molecular formula is C23H36N6O. The molecule has 2 N–H and O–H groups in total. The van der Waals surface area contributed by atoms with Crippen LogP contribution in [-0.4, -0.2) is 55.1 Å². The Morgan fingerprint density at radius 2 is 2.00 bits per heavy atom. The van der Waals surface area contributed by atoms with E-state index in [0.29, 0.717) is 19.2 Å². The lowest BCUT2D eigenvalue weighted by atomic mass is 10.2. The normalized spacial score (nSPS) is 16.9. The molecule has 0 radical (unpaired) electrons. The topological polar surface area (TPSA) is 66.7 Å². The summed E-state index contributed by atoms with van der Waals surface area (Å²) in [7, 11) is 1.72. The molecular weight excluding hydrogens is 376 g/mol. The number of rotatable bonds is 8. The molecule has 0 saturated carbocycles. The van der Waals surface area contributed by atoms with Crippen LogP contribution in [-0.2, 0) is 17.8 Å². The molecule has 0 aliphatic carbocycles. The predicted octanol–water partition coefficient (Wildman–Crippen LogP) is 2.79. The first-order chi connectivity index (χ1) is 14.5. The van der Waals surface area contributed by atoms with Gasteiger partial charge in [0, 0.05) is 49.7 Å². The third-order valence-corrected chi connectivity index (χ3v) is 5.71. The van der Waals surface area contributed by atoms with Crippen molar-refractivity contribution in [1.29, 1.82) is 0 Å². The van der Waals surface area contributed by atoms with Gasteiger partial charge in [0.2, 0.25) is 0 Å². The lowest BCUT2D eigenvalue weighted by Crippen LogP contribution is -2.44. The van der Waals surface area contributed by atoms with Crippen molar-refractivity contribution in [1.82, 2.24) is 20.4 Å². The molecule has 30 heavy (non-hydrogen) atoms. The van der Waals surface area contributed by atoms with Crippen LogP contribution < -0.4 is 15.5 Å². The lowest BCUT2D eigenvalue weighted by Gasteiger charge is -2.20. The fourth-order valence-electron chi connectivity index (χ4n) is 3.90. The standard InChI is InChI=1S/C23H36N6O/c1-6-24-23(25-15-22-18(3)27-29(19(22)4)13-14-30-5)26-20-11-12-28(16-20)21-9-7-17(2)8-10-21/h7-10,20H,6,11-16H2,1-5H3,(H2,24,25,26). The number of hydrogen-bond donors (Lipinski definition) is 2. The summed E-state index contributed by atoms with van der Waals surface area (Å²) < 4.78 is 7.20. The molecule has 1 aliphatic rings. The molecule has 1 aromatic carbocycles. The molecule has 1 unspecified atom stereocenters. The number of aromatic nitrogens is 2. The van der Waals surface area contributed by atoms with Crippen LogP contribution >= 0.6 is 0 Å². The number of methoxy groups -OCH3 is 1. The Bertz CT molecular complexity index is 842. The van der Waals surface area contributed by atoms with Crippen LogP contribution in [0.2, 0.25) is 0 Å². The molecule has 2 aromatic rings. The van der Waals surface area contributed by atoms with Gasteiger partial charge in [0.1, 0.15) is 0 Å². The zero-order valence-electron chi connectivity index (χ0n) is 19.0. The average molecular weight is 413 g/mol. The van der Waals surface area contributed by atoms with E-state index in [9.17, 15) is 0 Å². The minimum Gasteiger partial charge on any atom is -0.383 e. The smallest absolute Gasteiger partial charge is 0.191 e. The zero-order chi connectivity index (χ0) is 21.5. The van der Waals surface area contributed by atoms with Crippen molar-refractivity contribution in [3.8, 4) is 0 Å². The molecule has 7 heteroatoms. The van der Waals surface area contributed by atoms with Crippen molar-refractivity contribution in [2.24, 2.45) is 4.99 Å². The van der Waals surface area contributed by atoms with Crippen molar-refractivity contribution >= 4 is 11.6 Å². The highest BCUT2D eigenvalue weighted by atomic mass is 16.5. The summed E-state index contributed by atoms with van der Waals surface area (Å²) >= 11 is 0. The summed E-state index contributed by atoms with van der Waals surface area (Å²) in [5.41, 5.74) is 5.98. The Morgan fingerprint density at radius 1 is 1.23 bits per heavy atom. The molecule has 1 aliphatic heterocycles. The third kappa shape index (κ3) is 5.53. The fourth-order valence-corrected chi connectivity index (χ4v) is 3.90. The van der Waals surface area contributed by atoms with Crippen LogP contribution in [0.15, 0.2) is 29.3 Å². The van der Waals surface area contributed by atoms with E-state index in [2.05, 4.69) is 72.6 Å². The van der Waals surface area contributed by atoms with Gasteiger partial charge in [-0.05, 0) is 46.2 Å². The van der Waals surface area contributed by atoms with Crippen LogP contribution in [0.4, 0.5) is 5.69 Å². The van der Waals surface area contributed by atoms with Crippen LogP contribution in [0.1, 0.15) is 35.9 Å². The summed E-state index contributed by atoms with van der Waals surface area (Å²) in [5, 5.41) is 11.7. The Hall–Kier alpha value is -2.54. The van der Waals surface area contributed by atoms with Crippen molar-refractivity contribution in [3.63, 3.8) is 0 Å². The monoisotopic (exact) mass is 412 g/mol. The molecule has 2 heterocycles. The molecule has 1 saturated heterocycles. The zero-order valence-corrected chi connectivity index (χ0v) is 19.0. The van der Waals surface area contributed by atoms with Crippen LogP contribution in [0.5, 0.6) is 0 Å². The quantitative estimate of drug-likeness (QED) is 0.516. The molecule has 7 nitrogen and oxygen atoms in total. The number of guanidine groups is 1. The van der Waals surface area contributed by atoms with Gasteiger partial charge in [0.15, 0.2) is 5.96 Å². The highest BCUT2D eigenvalue weighted by Gasteiger charge is 2.23. The summed E-state index contributed by atoms with van der Waals surface area (Å²) in [5.74, 6) is 0.872. The number of aliphatic imine (C=N–C) groups is 1. The molecule has 164 valence electrons. The second-order valence-corrected chi connectivity index (χ2v) is 7.97. The van der Waals surface area contributed by atoms with Gasteiger partial charge in [-0.15, -0.1) is 0 Å². The summed E-state index contributed by atoms with van der Waals surface area (Å²) in [6, 6.07) is 9.17. The minimum atomic E-state index is 0.385. The van der Waals surface area contributed by atoms with Gasteiger partial charge in [0.05, 0.1) is 25.4 Å². The second-order valence-electron chi connectivity index (χ2n) is 7.97. The van der Waals surface area contributed by atoms with E-state index in [-0.39, 0.29) is 0 Å². The molecule has 0 bridgehead atoms. The number of aryl methyl sites for hydroxylation is 2. The fraction of sp³-hybridized carbons (Fsp3) is 0.565. The number of hydrogen-bond acceptors (Lipinski definition) is 4. The van der Waals surface area contributed by atoms with Gasteiger partial charge in [-0.3, -0.25) is 4.68 Å². The average Bonchev–Trinajstić information content (AvgIpc) is 3.30. The Balaban J connectivity index is 1.63. The van der Waals surface area contributed by atoms with Gasteiger partial charge < -0.3 is 20.3 Å². The highest BCUT2D eigenvalue weighted by Crippen LogP contribution is 2.21. The van der Waals surface area contributed by atoms with E-state index in [1.807, 2.05) is 4.68 Å². The van der Waals surface area contributed by atoms with E-state index < -0.39 is 0 Å². The van der Waals surface area contributed by atoms with Crippen LogP contribution in [0.25, 0.3) is 0 Å². The highest BCUT2D eigenvalue weighted by molar-refractivity contribution is 5.80. The van der Waals surface area contributed by atoms with Crippen molar-refractivity contribution < 1.29 is 4.74 Å². The van der Waals surface area contributed by atoms with Crippen molar-refractivity contribution in [2.75, 3.05) is 38.3 Å². The first-order valence-corrected chi connectivity index (χ1v) is 10.9. The van der Waals surface area contributed by atoms with Gasteiger partial charge in [-0.25, -0.2) is 4.99 Å². The summed E-state index contributed by atoms with van der Waals surface area (Å²) in [6.45, 7) is 13.3. The number of benzene rings is 1. The maximum absolute atomic E-state index is 5.19. The summed E-state index contributed by atoms with van der Waals surface area (Å²) in [4.78, 5) is 7.30. The van der Waals surface area contributed by atoms with Gasteiger partial charge in [0.25, 0.3) is 0 Å². The SMILES string of the molecule is CCNC(=NCc1c(C)nn(CCOC)c1C)NC1CCN(c2ccc(C)cc2)C1. The summed E-state index contributed by atoms with van der Waals surface area (Å²) in [6.07, 6.45) is 1.10. The molecule has 3 rings (SSSR count). The van der Waals surface area contributed by atoms with Gasteiger partial charge in [-0.2, -0.15) is 5.10 Å². The van der Waals surface area contributed by atoms with Crippen molar-refractivity contribution in [3.05, 3.63) is 46.8 Å². The Kier molecular flexibility index (Phi) is 7.74. The maximum atomic E-state index is 5.19. The van der Waals surface area contributed by atoms with Gasteiger partial charge >= 0.3 is 0 Å². The van der Waals surface area contributed by atoms with E-state index >= 15 is 0 Å². The Morgan fingerprint density at radius 3 is 2.70 bits per heavy atom. The lowest BCUT2D eigenvalue weighted by molar-refractivity contribution is 0.182. The molecule has 1 atom stereocenters. The molecule has 0 amide bonds. The van der Waals surface area contributed by atoms with E-state index in [4.69, 9.17) is 9.73 Å². The third-order valence-electron chi connectivity index (χ3n) is 5.71. The van der Waals surface area contributed by atoms with E-state index in [1.54, 1.807) is 7.11 Å². The first-order valence-electron chi connectivity index (χ1n) is 10.9. The first kappa shape index (κ1) is 22.2. The van der Waals surface area contributed by atoms with Gasteiger partial charge in [-0.1, -0.05) is 17.7 Å². The van der Waals surface area contributed by atoms with Crippen LogP contribution in [0, 0.1) is 20.8 Å². The molecule has 1 aromatic heterocycles.